The fourth-order valence-electron chi connectivity index (χ4n) is 1.81. The average Bonchev–Trinajstić information content (AvgIpc) is 2.86. The molecule has 0 aromatic carbocycles. The number of nitrogens with zero attached hydrogens (tertiary/aromatic N) is 4. The van der Waals surface area contributed by atoms with Crippen molar-refractivity contribution < 1.29 is 4.74 Å². The fraction of sp³-hybridized carbons (Fsp3) is 0.364. The Morgan fingerprint density at radius 3 is 3.00 bits per heavy atom. The van der Waals surface area contributed by atoms with Crippen LogP contribution in [0, 0.1) is 0 Å². The molecule has 3 heterocycles. The summed E-state index contributed by atoms with van der Waals surface area (Å²) in [4.78, 5) is 17.7. The number of aromatic amines is 1. The molecule has 0 amide bonds. The van der Waals surface area contributed by atoms with Crippen molar-refractivity contribution in [2.75, 3.05) is 26.3 Å². The molecule has 17 heavy (non-hydrogen) atoms. The van der Waals surface area contributed by atoms with Crippen LogP contribution in [-0.4, -0.2) is 51.1 Å². The van der Waals surface area contributed by atoms with Crippen molar-refractivity contribution in [2.45, 2.75) is 0 Å². The van der Waals surface area contributed by atoms with E-state index in [1.165, 1.54) is 6.33 Å². The first kappa shape index (κ1) is 10.2. The molecule has 2 aromatic heterocycles. The molecule has 6 heteroatoms. The van der Waals surface area contributed by atoms with Gasteiger partial charge >= 0.3 is 0 Å². The molecule has 1 N–H and O–H groups in total. The van der Waals surface area contributed by atoms with Gasteiger partial charge in [-0.05, 0) is 6.08 Å². The van der Waals surface area contributed by atoms with Crippen molar-refractivity contribution in [3.63, 3.8) is 0 Å². The van der Waals surface area contributed by atoms with Crippen LogP contribution in [0.25, 0.3) is 17.2 Å². The maximum Gasteiger partial charge on any atom is 0.181 e. The van der Waals surface area contributed by atoms with Crippen molar-refractivity contribution in [3.05, 3.63) is 24.5 Å². The minimum Gasteiger partial charge on any atom is -0.378 e. The van der Waals surface area contributed by atoms with E-state index in [9.17, 15) is 0 Å². The van der Waals surface area contributed by atoms with E-state index >= 15 is 0 Å². The van der Waals surface area contributed by atoms with Gasteiger partial charge in [0, 0.05) is 19.3 Å². The summed E-state index contributed by atoms with van der Waals surface area (Å²) in [5.74, 6) is 0. The zero-order chi connectivity index (χ0) is 11.5. The molecule has 3 rings (SSSR count). The van der Waals surface area contributed by atoms with Crippen LogP contribution in [0.4, 0.5) is 0 Å². The quantitative estimate of drug-likeness (QED) is 0.822. The van der Waals surface area contributed by atoms with E-state index in [0.717, 1.165) is 37.5 Å². The van der Waals surface area contributed by atoms with E-state index in [0.29, 0.717) is 5.65 Å². The Bertz CT molecular complexity index is 529. The lowest BCUT2D eigenvalue weighted by molar-refractivity contribution is 0.0597. The van der Waals surface area contributed by atoms with Crippen LogP contribution in [0.1, 0.15) is 5.69 Å². The summed E-state index contributed by atoms with van der Waals surface area (Å²) in [7, 11) is 0. The first-order valence-corrected chi connectivity index (χ1v) is 5.57. The summed E-state index contributed by atoms with van der Waals surface area (Å²) in [6.45, 7) is 3.42. The molecule has 0 bridgehead atoms. The van der Waals surface area contributed by atoms with Gasteiger partial charge in [0.2, 0.25) is 0 Å². The Kier molecular flexibility index (Phi) is 2.71. The zero-order valence-corrected chi connectivity index (χ0v) is 9.33. The van der Waals surface area contributed by atoms with Gasteiger partial charge in [-0.2, -0.15) is 0 Å². The van der Waals surface area contributed by atoms with Crippen molar-refractivity contribution >= 4 is 17.2 Å². The second-order valence-electron chi connectivity index (χ2n) is 3.82. The third-order valence-electron chi connectivity index (χ3n) is 2.74. The summed E-state index contributed by atoms with van der Waals surface area (Å²) >= 11 is 0. The van der Waals surface area contributed by atoms with Crippen LogP contribution >= 0.6 is 0 Å². The standard InChI is InChI=1S/C11H13N5O/c1(2-16-3-5-17-6-4-16)9-10-11(14-7-12-9)15-8-13-10/h1-2,7-8H,3-6H2,(H,12,13,14,15)/b2-1+. The number of rotatable bonds is 2. The van der Waals surface area contributed by atoms with E-state index in [-0.39, 0.29) is 0 Å². The number of aromatic nitrogens is 4. The lowest BCUT2D eigenvalue weighted by atomic mass is 10.3. The Morgan fingerprint density at radius 2 is 2.12 bits per heavy atom. The molecule has 0 unspecified atom stereocenters. The van der Waals surface area contributed by atoms with Gasteiger partial charge in [-0.3, -0.25) is 0 Å². The minimum absolute atomic E-state index is 0.696. The topological polar surface area (TPSA) is 66.9 Å². The highest BCUT2D eigenvalue weighted by Gasteiger charge is 2.06. The SMILES string of the molecule is C(=C\N1CCOCC1)/c1ncnc2nc[nH]c12. The number of fused-ring (bicyclic) bond motifs is 1. The molecule has 0 aliphatic carbocycles. The molecule has 2 aromatic rings. The predicted molar refractivity (Wildman–Crippen MR) is 63.1 cm³/mol. The molecule has 0 saturated carbocycles. The molecule has 1 aliphatic heterocycles. The van der Waals surface area contributed by atoms with Gasteiger partial charge in [-0.15, -0.1) is 0 Å². The minimum atomic E-state index is 0.696. The van der Waals surface area contributed by atoms with Crippen LogP contribution in [0.2, 0.25) is 0 Å². The highest BCUT2D eigenvalue weighted by atomic mass is 16.5. The number of hydrogen-bond acceptors (Lipinski definition) is 5. The zero-order valence-electron chi connectivity index (χ0n) is 9.33. The molecular weight excluding hydrogens is 218 g/mol. The largest absolute Gasteiger partial charge is 0.378 e. The lowest BCUT2D eigenvalue weighted by Crippen LogP contribution is -2.31. The molecule has 1 saturated heterocycles. The summed E-state index contributed by atoms with van der Waals surface area (Å²) in [6.07, 6.45) is 7.19. The monoisotopic (exact) mass is 231 g/mol. The van der Waals surface area contributed by atoms with Gasteiger partial charge in [-0.1, -0.05) is 0 Å². The molecule has 1 aliphatic rings. The summed E-state index contributed by atoms with van der Waals surface area (Å²) in [6, 6.07) is 0. The van der Waals surface area contributed by atoms with Gasteiger partial charge in [0.15, 0.2) is 5.65 Å². The van der Waals surface area contributed by atoms with E-state index in [1.807, 2.05) is 12.3 Å². The predicted octanol–water partition coefficient (Wildman–Crippen LogP) is 0.656. The maximum atomic E-state index is 5.29. The summed E-state index contributed by atoms with van der Waals surface area (Å²) in [5, 5.41) is 0. The van der Waals surface area contributed by atoms with Crippen LogP contribution in [0.5, 0.6) is 0 Å². The molecule has 88 valence electrons. The second-order valence-corrected chi connectivity index (χ2v) is 3.82. The molecule has 1 fully saturated rings. The summed E-state index contributed by atoms with van der Waals surface area (Å²) in [5.41, 5.74) is 2.43. The number of imidazole rings is 1. The van der Waals surface area contributed by atoms with Crippen molar-refractivity contribution in [3.8, 4) is 0 Å². The van der Waals surface area contributed by atoms with Crippen LogP contribution < -0.4 is 0 Å². The van der Waals surface area contributed by atoms with Gasteiger partial charge < -0.3 is 14.6 Å². The average molecular weight is 231 g/mol. The van der Waals surface area contributed by atoms with E-state index in [4.69, 9.17) is 4.74 Å². The Balaban J connectivity index is 1.83. The van der Waals surface area contributed by atoms with Gasteiger partial charge in [0.05, 0.1) is 25.2 Å². The van der Waals surface area contributed by atoms with E-state index < -0.39 is 0 Å². The Hall–Kier alpha value is -1.95. The van der Waals surface area contributed by atoms with Crippen LogP contribution in [0.3, 0.4) is 0 Å². The number of ether oxygens (including phenoxy) is 1. The smallest absolute Gasteiger partial charge is 0.181 e. The second kappa shape index (κ2) is 4.50. The number of morpholine rings is 1. The Labute approximate surface area is 98.3 Å². The van der Waals surface area contributed by atoms with Crippen molar-refractivity contribution in [2.24, 2.45) is 0 Å². The van der Waals surface area contributed by atoms with E-state index in [1.54, 1.807) is 6.33 Å². The highest BCUT2D eigenvalue weighted by molar-refractivity contribution is 5.78. The van der Waals surface area contributed by atoms with Crippen molar-refractivity contribution in [1.29, 1.82) is 0 Å². The third-order valence-corrected chi connectivity index (χ3v) is 2.74. The molecule has 0 atom stereocenters. The number of H-pyrrole nitrogens is 1. The van der Waals surface area contributed by atoms with Gasteiger partial charge in [0.25, 0.3) is 0 Å². The van der Waals surface area contributed by atoms with Crippen LogP contribution in [-0.2, 0) is 4.74 Å². The molecule has 0 radical (unpaired) electrons. The molecular formula is C11H13N5O. The van der Waals surface area contributed by atoms with E-state index in [2.05, 4.69) is 24.8 Å². The molecule has 6 nitrogen and oxygen atoms in total. The molecule has 0 spiro atoms. The third kappa shape index (κ3) is 2.12. The van der Waals surface area contributed by atoms with Crippen molar-refractivity contribution in [1.82, 2.24) is 24.8 Å². The fourth-order valence-corrected chi connectivity index (χ4v) is 1.81. The van der Waals surface area contributed by atoms with Gasteiger partial charge in [-0.25, -0.2) is 15.0 Å². The maximum absolute atomic E-state index is 5.29. The van der Waals surface area contributed by atoms with Crippen LogP contribution in [0.15, 0.2) is 18.9 Å². The summed E-state index contributed by atoms with van der Waals surface area (Å²) < 4.78 is 5.29. The first-order valence-electron chi connectivity index (χ1n) is 5.57. The highest BCUT2D eigenvalue weighted by Crippen LogP contribution is 2.11. The lowest BCUT2D eigenvalue weighted by Gasteiger charge is -2.24. The normalized spacial score (nSPS) is 17.1. The number of hydrogen-bond donors (Lipinski definition) is 1. The van der Waals surface area contributed by atoms with Gasteiger partial charge in [0.1, 0.15) is 11.8 Å². The number of nitrogens with one attached hydrogen (secondary N) is 1. The first-order chi connectivity index (χ1) is 8.43. The Morgan fingerprint density at radius 1 is 1.24 bits per heavy atom.